The van der Waals surface area contributed by atoms with Crippen molar-refractivity contribution in [3.05, 3.63) is 35.4 Å². The van der Waals surface area contributed by atoms with Crippen molar-refractivity contribution in [1.82, 2.24) is 5.32 Å². The van der Waals surface area contributed by atoms with E-state index in [9.17, 15) is 4.79 Å². The lowest BCUT2D eigenvalue weighted by atomic mass is 9.71. The molecule has 2 aliphatic carbocycles. The Morgan fingerprint density at radius 1 is 1.37 bits per heavy atom. The number of carbonyl (C=O) groups is 1. The molecule has 4 heteroatoms. The Labute approximate surface area is 112 Å². The summed E-state index contributed by atoms with van der Waals surface area (Å²) in [6.45, 7) is 0.779. The topological polar surface area (TPSA) is 64.3 Å². The third-order valence-corrected chi connectivity index (χ3v) is 4.93. The number of carbonyl (C=O) groups excluding carboxylic acids is 1. The Morgan fingerprint density at radius 2 is 2.21 bits per heavy atom. The largest absolute Gasteiger partial charge is 0.376 e. The number of benzene rings is 1. The summed E-state index contributed by atoms with van der Waals surface area (Å²) in [4.78, 5) is 12.3. The van der Waals surface area contributed by atoms with Gasteiger partial charge < -0.3 is 15.8 Å². The highest BCUT2D eigenvalue weighted by atomic mass is 16.5. The van der Waals surface area contributed by atoms with Gasteiger partial charge in [0, 0.05) is 18.6 Å². The average molecular weight is 258 g/mol. The molecule has 1 saturated carbocycles. The summed E-state index contributed by atoms with van der Waals surface area (Å²) in [5, 5.41) is 3.09. The molecule has 0 spiro atoms. The van der Waals surface area contributed by atoms with Crippen molar-refractivity contribution in [2.24, 2.45) is 11.7 Å². The molecule has 1 aliphatic heterocycles. The summed E-state index contributed by atoms with van der Waals surface area (Å²) in [5.74, 6) is 0.552. The third kappa shape index (κ3) is 1.56. The second kappa shape index (κ2) is 4.05. The molecule has 1 aromatic rings. The standard InChI is InChI=1S/C15H18N2O2/c16-12-10-5-6-19-14(10)13(12)17-15(18)11-7-8-3-1-2-4-9(8)11/h1-4,10-14H,5-7,16H2,(H,17,18). The molecular formula is C15H18N2O2. The SMILES string of the molecule is NC1C2CCOC2C1NC(=O)C1Cc2ccccc21. The first kappa shape index (κ1) is 11.4. The minimum Gasteiger partial charge on any atom is -0.376 e. The molecule has 100 valence electrons. The number of nitrogens with one attached hydrogen (secondary N) is 1. The van der Waals surface area contributed by atoms with Crippen LogP contribution in [0.5, 0.6) is 0 Å². The number of nitrogens with two attached hydrogens (primary N) is 1. The number of hydrogen-bond acceptors (Lipinski definition) is 3. The van der Waals surface area contributed by atoms with E-state index in [1.54, 1.807) is 0 Å². The van der Waals surface area contributed by atoms with Crippen molar-refractivity contribution in [2.75, 3.05) is 6.61 Å². The van der Waals surface area contributed by atoms with Gasteiger partial charge in [0.25, 0.3) is 0 Å². The van der Waals surface area contributed by atoms with Crippen LogP contribution in [-0.4, -0.2) is 30.7 Å². The molecule has 5 atom stereocenters. The molecule has 4 nitrogen and oxygen atoms in total. The fraction of sp³-hybridized carbons (Fsp3) is 0.533. The van der Waals surface area contributed by atoms with Crippen LogP contribution in [0, 0.1) is 5.92 Å². The van der Waals surface area contributed by atoms with Crippen LogP contribution < -0.4 is 11.1 Å². The first-order valence-corrected chi connectivity index (χ1v) is 7.01. The monoisotopic (exact) mass is 258 g/mol. The lowest BCUT2D eigenvalue weighted by molar-refractivity contribution is -0.127. The summed E-state index contributed by atoms with van der Waals surface area (Å²) < 4.78 is 5.64. The van der Waals surface area contributed by atoms with Gasteiger partial charge in [0.2, 0.25) is 5.91 Å². The van der Waals surface area contributed by atoms with Gasteiger partial charge >= 0.3 is 0 Å². The maximum absolute atomic E-state index is 12.3. The second-order valence-corrected chi connectivity index (χ2v) is 5.86. The fourth-order valence-corrected chi connectivity index (χ4v) is 3.69. The molecule has 0 bridgehead atoms. The molecule has 1 saturated heterocycles. The van der Waals surface area contributed by atoms with Gasteiger partial charge in [-0.3, -0.25) is 4.79 Å². The van der Waals surface area contributed by atoms with Gasteiger partial charge in [-0.05, 0) is 24.0 Å². The van der Waals surface area contributed by atoms with Gasteiger partial charge in [-0.1, -0.05) is 24.3 Å². The van der Waals surface area contributed by atoms with Crippen molar-refractivity contribution >= 4 is 5.91 Å². The number of ether oxygens (including phenoxy) is 1. The van der Waals surface area contributed by atoms with Crippen molar-refractivity contribution < 1.29 is 9.53 Å². The maximum Gasteiger partial charge on any atom is 0.228 e. The van der Waals surface area contributed by atoms with E-state index in [2.05, 4.69) is 11.4 Å². The molecular weight excluding hydrogens is 240 g/mol. The summed E-state index contributed by atoms with van der Waals surface area (Å²) in [6, 6.07) is 8.21. The van der Waals surface area contributed by atoms with Gasteiger partial charge in [0.1, 0.15) is 0 Å². The first-order chi connectivity index (χ1) is 9.25. The summed E-state index contributed by atoms with van der Waals surface area (Å²) in [5.41, 5.74) is 8.57. The molecule has 1 aromatic carbocycles. The molecule has 5 unspecified atom stereocenters. The summed E-state index contributed by atoms with van der Waals surface area (Å²) in [7, 11) is 0. The number of fused-ring (bicyclic) bond motifs is 2. The van der Waals surface area contributed by atoms with Gasteiger partial charge in [-0.2, -0.15) is 0 Å². The predicted molar refractivity (Wildman–Crippen MR) is 70.6 cm³/mol. The molecule has 1 amide bonds. The number of hydrogen-bond donors (Lipinski definition) is 2. The van der Waals surface area contributed by atoms with E-state index in [-0.39, 0.29) is 30.0 Å². The van der Waals surface area contributed by atoms with Gasteiger partial charge in [-0.25, -0.2) is 0 Å². The van der Waals surface area contributed by atoms with Crippen LogP contribution in [0.4, 0.5) is 0 Å². The Kier molecular flexibility index (Phi) is 2.44. The van der Waals surface area contributed by atoms with Crippen LogP contribution in [0.3, 0.4) is 0 Å². The van der Waals surface area contributed by atoms with Crippen LogP contribution in [0.25, 0.3) is 0 Å². The minimum atomic E-state index is 0.00357. The Bertz CT molecular complexity index is 531. The number of amides is 1. The molecule has 3 aliphatic rings. The summed E-state index contributed by atoms with van der Waals surface area (Å²) in [6.07, 6.45) is 2.03. The zero-order chi connectivity index (χ0) is 13.0. The Balaban J connectivity index is 1.43. The van der Waals surface area contributed by atoms with E-state index >= 15 is 0 Å². The normalized spacial score (nSPS) is 38.7. The van der Waals surface area contributed by atoms with Gasteiger partial charge in [0.05, 0.1) is 18.1 Å². The minimum absolute atomic E-state index is 0.00357. The van der Waals surface area contributed by atoms with Crippen LogP contribution >= 0.6 is 0 Å². The highest BCUT2D eigenvalue weighted by molar-refractivity contribution is 5.87. The van der Waals surface area contributed by atoms with Crippen molar-refractivity contribution in [1.29, 1.82) is 0 Å². The maximum atomic E-state index is 12.3. The van der Waals surface area contributed by atoms with E-state index in [4.69, 9.17) is 10.5 Å². The third-order valence-electron chi connectivity index (χ3n) is 4.93. The van der Waals surface area contributed by atoms with E-state index in [0.717, 1.165) is 25.0 Å². The zero-order valence-corrected chi connectivity index (χ0v) is 10.7. The Morgan fingerprint density at radius 3 is 3.05 bits per heavy atom. The molecule has 2 fully saturated rings. The molecule has 0 aromatic heterocycles. The predicted octanol–water partition coefficient (Wildman–Crippen LogP) is 0.557. The van der Waals surface area contributed by atoms with E-state index < -0.39 is 0 Å². The van der Waals surface area contributed by atoms with Crippen LogP contribution in [-0.2, 0) is 16.0 Å². The molecule has 4 rings (SSSR count). The number of rotatable bonds is 2. The van der Waals surface area contributed by atoms with Gasteiger partial charge in [-0.15, -0.1) is 0 Å². The highest BCUT2D eigenvalue weighted by Crippen LogP contribution is 2.39. The van der Waals surface area contributed by atoms with Crippen molar-refractivity contribution in [3.63, 3.8) is 0 Å². The summed E-state index contributed by atoms with van der Waals surface area (Å²) >= 11 is 0. The molecule has 0 radical (unpaired) electrons. The van der Waals surface area contributed by atoms with E-state index in [0.29, 0.717) is 5.92 Å². The van der Waals surface area contributed by atoms with Crippen LogP contribution in [0.15, 0.2) is 24.3 Å². The fourth-order valence-electron chi connectivity index (χ4n) is 3.69. The lowest BCUT2D eigenvalue weighted by Crippen LogP contribution is -2.69. The molecule has 3 N–H and O–H groups in total. The first-order valence-electron chi connectivity index (χ1n) is 7.01. The average Bonchev–Trinajstić information content (AvgIpc) is 2.82. The zero-order valence-electron chi connectivity index (χ0n) is 10.7. The Hall–Kier alpha value is -1.39. The van der Waals surface area contributed by atoms with E-state index in [1.807, 2.05) is 18.2 Å². The van der Waals surface area contributed by atoms with Crippen molar-refractivity contribution in [3.8, 4) is 0 Å². The van der Waals surface area contributed by atoms with E-state index in [1.165, 1.54) is 5.56 Å². The quantitative estimate of drug-likeness (QED) is 0.814. The van der Waals surface area contributed by atoms with Crippen LogP contribution in [0.2, 0.25) is 0 Å². The smallest absolute Gasteiger partial charge is 0.228 e. The highest BCUT2D eigenvalue weighted by Gasteiger charge is 2.53. The van der Waals surface area contributed by atoms with Crippen molar-refractivity contribution in [2.45, 2.75) is 36.9 Å². The van der Waals surface area contributed by atoms with Crippen LogP contribution in [0.1, 0.15) is 23.5 Å². The molecule has 1 heterocycles. The second-order valence-electron chi connectivity index (χ2n) is 5.86. The molecule has 19 heavy (non-hydrogen) atoms. The lowest BCUT2D eigenvalue weighted by Gasteiger charge is -2.46. The van der Waals surface area contributed by atoms with Gasteiger partial charge in [0.15, 0.2) is 0 Å².